The summed E-state index contributed by atoms with van der Waals surface area (Å²) in [7, 11) is 0. The molecule has 104 valence electrons. The highest BCUT2D eigenvalue weighted by Crippen LogP contribution is 2.44. The first-order chi connectivity index (χ1) is 10.1. The zero-order chi connectivity index (χ0) is 14.6. The van der Waals surface area contributed by atoms with Crippen molar-refractivity contribution in [3.8, 4) is 0 Å². The number of aromatic nitrogens is 2. The van der Waals surface area contributed by atoms with Crippen LogP contribution < -0.4 is 0 Å². The monoisotopic (exact) mass is 299 g/mol. The highest BCUT2D eigenvalue weighted by atomic mass is 32.2. The van der Waals surface area contributed by atoms with E-state index in [1.165, 1.54) is 22.1 Å². The Kier molecular flexibility index (Phi) is 2.46. The summed E-state index contributed by atoms with van der Waals surface area (Å²) in [5.74, 6) is -1.35. The second kappa shape index (κ2) is 4.23. The van der Waals surface area contributed by atoms with Crippen LogP contribution in [0.25, 0.3) is 11.6 Å². The van der Waals surface area contributed by atoms with Crippen LogP contribution in [0.2, 0.25) is 0 Å². The Morgan fingerprint density at radius 3 is 3.05 bits per heavy atom. The van der Waals surface area contributed by atoms with Crippen LogP contribution in [-0.4, -0.2) is 36.9 Å². The van der Waals surface area contributed by atoms with E-state index < -0.39 is 5.97 Å². The molecule has 1 amide bonds. The first kappa shape index (κ1) is 12.2. The lowest BCUT2D eigenvalue weighted by atomic mass is 10.0. The molecule has 2 aliphatic heterocycles. The summed E-state index contributed by atoms with van der Waals surface area (Å²) in [6.07, 6.45) is 3.56. The molecule has 7 heteroatoms. The van der Waals surface area contributed by atoms with Gasteiger partial charge in [-0.1, -0.05) is 6.07 Å². The molecule has 4 heterocycles. The number of carbonyl (C=O) groups is 2. The molecule has 0 aromatic carbocycles. The lowest BCUT2D eigenvalue weighted by Crippen LogP contribution is -2.51. The Hall–Kier alpha value is -2.54. The van der Waals surface area contributed by atoms with Crippen molar-refractivity contribution in [1.82, 2.24) is 14.5 Å². The van der Waals surface area contributed by atoms with Crippen LogP contribution in [0, 0.1) is 0 Å². The summed E-state index contributed by atoms with van der Waals surface area (Å²) in [6, 6.07) is 7.61. The standard InChI is InChI=1S/C14H9N3O3S/c18-12-10(13-17(12)11(7-21-13)14(19)20)6-8-5-9-3-1-2-4-16(9)15-8/h1-7,13H,(H,19,20)/b10-6+/t13-/m1/s1. The van der Waals surface area contributed by atoms with Crippen molar-refractivity contribution >= 4 is 35.2 Å². The average molecular weight is 299 g/mol. The van der Waals surface area contributed by atoms with Crippen molar-refractivity contribution in [1.29, 1.82) is 0 Å². The minimum atomic E-state index is -1.08. The predicted molar refractivity (Wildman–Crippen MR) is 77.1 cm³/mol. The number of hydrogen-bond acceptors (Lipinski definition) is 4. The van der Waals surface area contributed by atoms with Gasteiger partial charge in [0.05, 0.1) is 16.8 Å². The Labute approximate surface area is 123 Å². The van der Waals surface area contributed by atoms with Gasteiger partial charge in [0.1, 0.15) is 11.1 Å². The van der Waals surface area contributed by atoms with Crippen molar-refractivity contribution in [3.63, 3.8) is 0 Å². The number of carboxylic acid groups (broad SMARTS) is 1. The van der Waals surface area contributed by atoms with E-state index in [9.17, 15) is 9.59 Å². The molecule has 2 aromatic rings. The van der Waals surface area contributed by atoms with Crippen LogP contribution >= 0.6 is 11.8 Å². The topological polar surface area (TPSA) is 74.9 Å². The van der Waals surface area contributed by atoms with Crippen LogP contribution in [-0.2, 0) is 9.59 Å². The average Bonchev–Trinajstić information content (AvgIpc) is 3.05. The summed E-state index contributed by atoms with van der Waals surface area (Å²) in [4.78, 5) is 24.4. The lowest BCUT2D eigenvalue weighted by molar-refractivity contribution is -0.141. The minimum Gasteiger partial charge on any atom is -0.477 e. The van der Waals surface area contributed by atoms with Gasteiger partial charge in [0.25, 0.3) is 5.91 Å². The molecule has 1 saturated heterocycles. The fraction of sp³-hybridized carbons (Fsp3) is 0.0714. The van der Waals surface area contributed by atoms with Gasteiger partial charge in [-0.3, -0.25) is 9.69 Å². The SMILES string of the molecule is O=C(O)C1=CS[C@@H]2/C(=C/c3cc4ccccn4n3)C(=O)N12. The molecular formula is C14H9N3O3S. The third-order valence-electron chi connectivity index (χ3n) is 3.45. The van der Waals surface area contributed by atoms with Gasteiger partial charge in [-0.25, -0.2) is 9.31 Å². The fourth-order valence-corrected chi connectivity index (χ4v) is 3.57. The fourth-order valence-electron chi connectivity index (χ4n) is 2.45. The van der Waals surface area contributed by atoms with Crippen LogP contribution in [0.15, 0.2) is 47.1 Å². The summed E-state index contributed by atoms with van der Waals surface area (Å²) < 4.78 is 1.73. The quantitative estimate of drug-likeness (QED) is 0.673. The van der Waals surface area contributed by atoms with Crippen molar-refractivity contribution in [3.05, 3.63) is 52.8 Å². The molecular weight excluding hydrogens is 290 g/mol. The summed E-state index contributed by atoms with van der Waals surface area (Å²) >= 11 is 1.33. The normalized spacial score (nSPS) is 22.4. The number of fused-ring (bicyclic) bond motifs is 2. The number of carboxylic acids is 1. The number of pyridine rings is 1. The smallest absolute Gasteiger partial charge is 0.353 e. The maximum atomic E-state index is 12.1. The summed E-state index contributed by atoms with van der Waals surface area (Å²) in [5, 5.41) is 14.6. The summed E-state index contributed by atoms with van der Waals surface area (Å²) in [6.45, 7) is 0. The van der Waals surface area contributed by atoms with Crippen LogP contribution in [0.1, 0.15) is 5.69 Å². The second-order valence-corrected chi connectivity index (χ2v) is 5.67. The maximum absolute atomic E-state index is 12.1. The van der Waals surface area contributed by atoms with E-state index in [2.05, 4.69) is 5.10 Å². The van der Waals surface area contributed by atoms with Gasteiger partial charge < -0.3 is 5.11 Å². The van der Waals surface area contributed by atoms with E-state index in [4.69, 9.17) is 5.11 Å². The van der Waals surface area contributed by atoms with Gasteiger partial charge in [0.15, 0.2) is 0 Å². The molecule has 2 aromatic heterocycles. The molecule has 1 N–H and O–H groups in total. The molecule has 1 atom stereocenters. The van der Waals surface area contributed by atoms with Gasteiger partial charge in [-0.2, -0.15) is 5.10 Å². The molecule has 0 unspecified atom stereocenters. The largest absolute Gasteiger partial charge is 0.477 e. The minimum absolute atomic E-state index is 0.0437. The molecule has 21 heavy (non-hydrogen) atoms. The number of thioether (sulfide) groups is 1. The maximum Gasteiger partial charge on any atom is 0.353 e. The van der Waals surface area contributed by atoms with Crippen LogP contribution in [0.4, 0.5) is 0 Å². The molecule has 0 aliphatic carbocycles. The zero-order valence-corrected chi connectivity index (χ0v) is 11.4. The Morgan fingerprint density at radius 1 is 1.43 bits per heavy atom. The summed E-state index contributed by atoms with van der Waals surface area (Å²) in [5.41, 5.74) is 2.25. The zero-order valence-electron chi connectivity index (χ0n) is 10.6. The van der Waals surface area contributed by atoms with Gasteiger partial charge in [0.2, 0.25) is 0 Å². The molecule has 0 bridgehead atoms. The van der Waals surface area contributed by atoms with Crippen molar-refractivity contribution < 1.29 is 14.7 Å². The van der Waals surface area contributed by atoms with Crippen molar-refractivity contribution in [2.75, 3.05) is 0 Å². The molecule has 4 rings (SSSR count). The van der Waals surface area contributed by atoms with Crippen molar-refractivity contribution in [2.45, 2.75) is 5.37 Å². The third-order valence-corrected chi connectivity index (χ3v) is 4.53. The third kappa shape index (κ3) is 1.71. The Morgan fingerprint density at radius 2 is 2.29 bits per heavy atom. The number of hydrogen-bond donors (Lipinski definition) is 1. The molecule has 0 saturated carbocycles. The molecule has 0 spiro atoms. The molecule has 6 nitrogen and oxygen atoms in total. The van der Waals surface area contributed by atoms with E-state index in [0.717, 1.165) is 5.52 Å². The highest BCUT2D eigenvalue weighted by molar-refractivity contribution is 8.03. The molecule has 0 radical (unpaired) electrons. The lowest BCUT2D eigenvalue weighted by Gasteiger charge is -2.36. The number of aliphatic carboxylic acids is 1. The first-order valence-electron chi connectivity index (χ1n) is 6.23. The van der Waals surface area contributed by atoms with Gasteiger partial charge in [0, 0.05) is 11.6 Å². The van der Waals surface area contributed by atoms with E-state index in [1.54, 1.807) is 10.6 Å². The van der Waals surface area contributed by atoms with Crippen molar-refractivity contribution in [2.24, 2.45) is 0 Å². The number of β-lactam (4-membered cyclic amide) rings is 1. The number of nitrogens with zero attached hydrogens (tertiary/aromatic N) is 3. The number of carbonyl (C=O) groups excluding carboxylic acids is 1. The Balaban J connectivity index is 1.67. The number of rotatable bonds is 2. The van der Waals surface area contributed by atoms with E-state index >= 15 is 0 Å². The Bertz CT molecular complexity index is 819. The van der Waals surface area contributed by atoms with E-state index in [-0.39, 0.29) is 17.0 Å². The first-order valence-corrected chi connectivity index (χ1v) is 7.18. The van der Waals surface area contributed by atoms with E-state index in [0.29, 0.717) is 11.3 Å². The van der Waals surface area contributed by atoms with E-state index in [1.807, 2.05) is 30.5 Å². The van der Waals surface area contributed by atoms with Gasteiger partial charge in [-0.15, -0.1) is 11.8 Å². The second-order valence-electron chi connectivity index (χ2n) is 4.71. The molecule has 1 fully saturated rings. The van der Waals surface area contributed by atoms with Gasteiger partial charge in [-0.05, 0) is 24.3 Å². The van der Waals surface area contributed by atoms with Crippen LogP contribution in [0.3, 0.4) is 0 Å². The van der Waals surface area contributed by atoms with Gasteiger partial charge >= 0.3 is 5.97 Å². The van der Waals surface area contributed by atoms with Crippen LogP contribution in [0.5, 0.6) is 0 Å². The highest BCUT2D eigenvalue weighted by Gasteiger charge is 2.49. The number of amides is 1. The molecule has 2 aliphatic rings. The predicted octanol–water partition coefficient (Wildman–Crippen LogP) is 1.56.